The molecule has 1 aromatic rings. The molecule has 0 aliphatic heterocycles. The topological polar surface area (TPSA) is 38.7 Å². The predicted molar refractivity (Wildman–Crippen MR) is 107 cm³/mol. The number of halogens is 3. The molecule has 156 valence electrons. The third-order valence-corrected chi connectivity index (χ3v) is 4.09. The van der Waals surface area contributed by atoms with E-state index >= 15 is 0 Å². The summed E-state index contributed by atoms with van der Waals surface area (Å²) in [5.41, 5.74) is 0.350. The smallest absolute Gasteiger partial charge is 0.204 e. The highest BCUT2D eigenvalue weighted by molar-refractivity contribution is 5.34. The maximum Gasteiger partial charge on any atom is 0.204 e. The summed E-state index contributed by atoms with van der Waals surface area (Å²) in [6, 6.07) is 2.21. The molecule has 1 N–H and O–H groups in total. The largest absolute Gasteiger partial charge is 0.505 e. The van der Waals surface area contributed by atoms with Gasteiger partial charge in [0.1, 0.15) is 11.6 Å². The van der Waals surface area contributed by atoms with Gasteiger partial charge in [-0.25, -0.2) is 4.39 Å². The fourth-order valence-corrected chi connectivity index (χ4v) is 2.19. The molecule has 0 aliphatic rings. The second-order valence-electron chi connectivity index (χ2n) is 6.29. The van der Waals surface area contributed by atoms with E-state index in [2.05, 4.69) is 26.3 Å². The van der Waals surface area contributed by atoms with Crippen LogP contribution in [-0.2, 0) is 4.74 Å². The lowest BCUT2D eigenvalue weighted by molar-refractivity contribution is 0.232. The van der Waals surface area contributed by atoms with Crippen LogP contribution in [0.15, 0.2) is 61.7 Å². The molecule has 28 heavy (non-hydrogen) atoms. The van der Waals surface area contributed by atoms with Gasteiger partial charge in [0.2, 0.25) is 11.6 Å². The number of benzene rings is 1. The first-order valence-corrected chi connectivity index (χ1v) is 8.76. The zero-order chi connectivity index (χ0) is 21.9. The van der Waals surface area contributed by atoms with Crippen molar-refractivity contribution in [3.05, 3.63) is 73.3 Å². The minimum atomic E-state index is -1.33. The van der Waals surface area contributed by atoms with Crippen LogP contribution in [0.5, 0.6) is 11.5 Å². The number of rotatable bonds is 10. The second kappa shape index (κ2) is 12.7. The molecule has 6 heteroatoms. The summed E-state index contributed by atoms with van der Waals surface area (Å²) in [6.07, 6.45) is 2.52. The van der Waals surface area contributed by atoms with Crippen LogP contribution in [0.25, 0.3) is 0 Å². The van der Waals surface area contributed by atoms with Crippen LogP contribution in [-0.4, -0.2) is 18.8 Å². The first-order chi connectivity index (χ1) is 13.2. The number of phenolic OH excluding ortho intramolecular Hbond substituents is 1. The van der Waals surface area contributed by atoms with E-state index in [1.807, 2.05) is 13.8 Å². The Morgan fingerprint density at radius 2 is 1.75 bits per heavy atom. The van der Waals surface area contributed by atoms with Crippen LogP contribution in [0.2, 0.25) is 0 Å². The molecule has 0 radical (unpaired) electrons. The molecule has 0 heterocycles. The first-order valence-electron chi connectivity index (χ1n) is 8.76. The fraction of sp³-hybridized carbons (Fsp3) is 0.364. The van der Waals surface area contributed by atoms with Gasteiger partial charge in [0, 0.05) is 6.08 Å². The summed E-state index contributed by atoms with van der Waals surface area (Å²) < 4.78 is 51.0. The van der Waals surface area contributed by atoms with Gasteiger partial charge < -0.3 is 14.6 Å². The molecule has 0 amide bonds. The van der Waals surface area contributed by atoms with E-state index < -0.39 is 23.2 Å². The third kappa shape index (κ3) is 7.94. The molecule has 1 rings (SSSR count). The molecule has 0 aromatic heterocycles. The Morgan fingerprint density at radius 3 is 2.32 bits per heavy atom. The second-order valence-corrected chi connectivity index (χ2v) is 6.29. The van der Waals surface area contributed by atoms with Crippen LogP contribution in [0.1, 0.15) is 26.7 Å². The molecule has 0 bridgehead atoms. The third-order valence-electron chi connectivity index (χ3n) is 4.09. The maximum absolute atomic E-state index is 14.0. The highest BCUT2D eigenvalue weighted by Gasteiger charge is 2.16. The van der Waals surface area contributed by atoms with Crippen LogP contribution >= 0.6 is 0 Å². The van der Waals surface area contributed by atoms with Gasteiger partial charge in [0.15, 0.2) is 11.5 Å². The normalized spacial score (nSPS) is 13.0. The Kier molecular flexibility index (Phi) is 11.5. The number of ether oxygens (including phenoxy) is 2. The van der Waals surface area contributed by atoms with E-state index in [9.17, 15) is 13.2 Å². The average Bonchev–Trinajstić information content (AvgIpc) is 2.70. The molecule has 0 fully saturated rings. The molecular formula is C22H29F3O3. The van der Waals surface area contributed by atoms with E-state index in [-0.39, 0.29) is 30.0 Å². The van der Waals surface area contributed by atoms with Crippen LogP contribution in [0.3, 0.4) is 0 Å². The average molecular weight is 398 g/mol. The van der Waals surface area contributed by atoms with Crippen molar-refractivity contribution in [2.75, 3.05) is 13.7 Å². The fourth-order valence-electron chi connectivity index (χ4n) is 2.19. The highest BCUT2D eigenvalue weighted by atomic mass is 19.2. The molecule has 0 saturated heterocycles. The molecule has 2 unspecified atom stereocenters. The van der Waals surface area contributed by atoms with Crippen molar-refractivity contribution in [1.29, 1.82) is 0 Å². The SMILES string of the molecule is C=C.C=C(/C=C(/F)C(=C)C(C)CCC(C)COc1ccc(O)c(F)c1F)OC. The van der Waals surface area contributed by atoms with Gasteiger partial charge >= 0.3 is 0 Å². The summed E-state index contributed by atoms with van der Waals surface area (Å²) in [4.78, 5) is 0. The number of methoxy groups -OCH3 is 1. The first kappa shape index (κ1) is 25.4. The van der Waals surface area contributed by atoms with Gasteiger partial charge in [-0.2, -0.15) is 8.78 Å². The maximum atomic E-state index is 14.0. The molecule has 3 nitrogen and oxygen atoms in total. The Bertz CT molecular complexity index is 699. The minimum Gasteiger partial charge on any atom is -0.505 e. The summed E-state index contributed by atoms with van der Waals surface area (Å²) in [7, 11) is 1.41. The Morgan fingerprint density at radius 1 is 1.14 bits per heavy atom. The van der Waals surface area contributed by atoms with Gasteiger partial charge in [0.05, 0.1) is 13.7 Å². The van der Waals surface area contributed by atoms with E-state index in [1.165, 1.54) is 19.3 Å². The predicted octanol–water partition coefficient (Wildman–Crippen LogP) is 6.47. The van der Waals surface area contributed by atoms with E-state index in [4.69, 9.17) is 14.6 Å². The van der Waals surface area contributed by atoms with Crippen LogP contribution in [0, 0.1) is 23.5 Å². The van der Waals surface area contributed by atoms with Gasteiger partial charge in [-0.3, -0.25) is 0 Å². The summed E-state index contributed by atoms with van der Waals surface area (Å²) in [5.74, 6) is -3.91. The Labute approximate surface area is 165 Å². The summed E-state index contributed by atoms with van der Waals surface area (Å²) >= 11 is 0. The zero-order valence-corrected chi connectivity index (χ0v) is 16.7. The molecule has 0 saturated carbocycles. The molecule has 0 aliphatic carbocycles. The quantitative estimate of drug-likeness (QED) is 0.279. The zero-order valence-electron chi connectivity index (χ0n) is 16.7. The van der Waals surface area contributed by atoms with E-state index in [0.717, 1.165) is 6.07 Å². The monoisotopic (exact) mass is 398 g/mol. The number of hydrogen-bond donors (Lipinski definition) is 1. The lowest BCUT2D eigenvalue weighted by Gasteiger charge is -2.18. The molecular weight excluding hydrogens is 369 g/mol. The minimum absolute atomic E-state index is 0.0301. The number of allylic oxidation sites excluding steroid dienone is 3. The van der Waals surface area contributed by atoms with Gasteiger partial charge in [-0.15, -0.1) is 13.2 Å². The van der Waals surface area contributed by atoms with Crippen molar-refractivity contribution in [3.63, 3.8) is 0 Å². The van der Waals surface area contributed by atoms with Crippen molar-refractivity contribution in [2.45, 2.75) is 26.7 Å². The van der Waals surface area contributed by atoms with Crippen molar-refractivity contribution in [3.8, 4) is 11.5 Å². The molecule has 2 atom stereocenters. The Balaban J connectivity index is 0.00000352. The van der Waals surface area contributed by atoms with E-state index in [0.29, 0.717) is 18.4 Å². The van der Waals surface area contributed by atoms with Crippen molar-refractivity contribution >= 4 is 0 Å². The molecule has 0 spiro atoms. The van der Waals surface area contributed by atoms with Crippen LogP contribution < -0.4 is 4.74 Å². The lowest BCUT2D eigenvalue weighted by Crippen LogP contribution is -2.12. The van der Waals surface area contributed by atoms with Crippen molar-refractivity contribution < 1.29 is 27.8 Å². The van der Waals surface area contributed by atoms with Crippen molar-refractivity contribution in [1.82, 2.24) is 0 Å². The number of phenols is 1. The van der Waals surface area contributed by atoms with Gasteiger partial charge in [-0.05, 0) is 42.4 Å². The lowest BCUT2D eigenvalue weighted by atomic mass is 9.92. The van der Waals surface area contributed by atoms with Crippen LogP contribution in [0.4, 0.5) is 13.2 Å². The van der Waals surface area contributed by atoms with Crippen molar-refractivity contribution in [2.24, 2.45) is 11.8 Å². The summed E-state index contributed by atoms with van der Waals surface area (Å²) in [6.45, 7) is 17.2. The number of aromatic hydroxyl groups is 1. The number of hydrogen-bond acceptors (Lipinski definition) is 3. The standard InChI is InChI=1S/C20H25F3O3.C2H4/c1-12(11-26-18-9-8-17(24)19(22)20(18)23)6-7-13(2)15(4)16(21)10-14(3)25-5;1-2/h8-10,12-13,24H,3-4,6-7,11H2,1-2,5H3;1-2H2/b16-10+;. The van der Waals surface area contributed by atoms with E-state index in [1.54, 1.807) is 0 Å². The Hall–Kier alpha value is -2.63. The van der Waals surface area contributed by atoms with Gasteiger partial charge in [-0.1, -0.05) is 27.0 Å². The molecule has 1 aromatic carbocycles. The highest BCUT2D eigenvalue weighted by Crippen LogP contribution is 2.28. The van der Waals surface area contributed by atoms with Gasteiger partial charge in [0.25, 0.3) is 0 Å². The summed E-state index contributed by atoms with van der Waals surface area (Å²) in [5, 5.41) is 9.09.